The van der Waals surface area contributed by atoms with Crippen LogP contribution in [0.25, 0.3) is 21.5 Å². The summed E-state index contributed by atoms with van der Waals surface area (Å²) < 4.78 is 1.99. The van der Waals surface area contributed by atoms with Gasteiger partial charge in [0, 0.05) is 22.7 Å². The number of thiophene rings is 1. The standard InChI is InChI=1S/C14H7BrClN3S/c15-10-6-20-13-11(18-14(16)19-12(10)13)8-3-1-2-7-4-17-5-9(7)8/h1-3,5-6H,4H2. The van der Waals surface area contributed by atoms with E-state index in [2.05, 4.69) is 43.0 Å². The van der Waals surface area contributed by atoms with Crippen LogP contribution in [0.5, 0.6) is 0 Å². The van der Waals surface area contributed by atoms with Gasteiger partial charge in [-0.1, -0.05) is 18.2 Å². The summed E-state index contributed by atoms with van der Waals surface area (Å²) in [4.78, 5) is 13.1. The SMILES string of the molecule is Clc1nc(-c2cccc3c2C=NC3)c2scc(Br)c2n1. The molecular formula is C14H7BrClN3S. The van der Waals surface area contributed by atoms with Crippen LogP contribution in [0.3, 0.4) is 0 Å². The van der Waals surface area contributed by atoms with Crippen LogP contribution in [0, 0.1) is 0 Å². The van der Waals surface area contributed by atoms with Crippen molar-refractivity contribution in [1.82, 2.24) is 9.97 Å². The van der Waals surface area contributed by atoms with E-state index >= 15 is 0 Å². The zero-order chi connectivity index (χ0) is 13.7. The number of aliphatic imine (C=N–C) groups is 1. The van der Waals surface area contributed by atoms with Gasteiger partial charge >= 0.3 is 0 Å². The van der Waals surface area contributed by atoms with Crippen molar-refractivity contribution >= 4 is 55.3 Å². The Morgan fingerprint density at radius 3 is 3.05 bits per heavy atom. The first-order valence-electron chi connectivity index (χ1n) is 5.96. The number of aromatic nitrogens is 2. The summed E-state index contributed by atoms with van der Waals surface area (Å²) in [6.07, 6.45) is 1.91. The van der Waals surface area contributed by atoms with Gasteiger partial charge in [0.1, 0.15) is 5.52 Å². The number of rotatable bonds is 1. The number of fused-ring (bicyclic) bond motifs is 2. The average molecular weight is 365 g/mol. The molecule has 1 aromatic carbocycles. The molecule has 4 rings (SSSR count). The Kier molecular flexibility index (Phi) is 2.87. The number of halogens is 2. The second-order valence-corrected chi connectivity index (χ2v) is 6.52. The molecule has 0 bridgehead atoms. The van der Waals surface area contributed by atoms with Crippen LogP contribution >= 0.6 is 38.9 Å². The fourth-order valence-electron chi connectivity index (χ4n) is 2.39. The van der Waals surface area contributed by atoms with Crippen molar-refractivity contribution in [2.75, 3.05) is 0 Å². The molecular weight excluding hydrogens is 358 g/mol. The highest BCUT2D eigenvalue weighted by atomic mass is 79.9. The third kappa shape index (κ3) is 1.81. The molecule has 6 heteroatoms. The lowest BCUT2D eigenvalue weighted by molar-refractivity contribution is 1.11. The van der Waals surface area contributed by atoms with E-state index in [0.717, 1.165) is 38.1 Å². The molecule has 3 heterocycles. The Hall–Kier alpha value is -1.30. The third-order valence-corrected chi connectivity index (χ3v) is 5.33. The molecule has 0 N–H and O–H groups in total. The minimum absolute atomic E-state index is 0.263. The molecule has 98 valence electrons. The summed E-state index contributed by atoms with van der Waals surface area (Å²) in [6, 6.07) is 6.19. The molecule has 1 aliphatic heterocycles. The summed E-state index contributed by atoms with van der Waals surface area (Å²) in [5.74, 6) is 0. The van der Waals surface area contributed by atoms with Crippen molar-refractivity contribution in [1.29, 1.82) is 0 Å². The molecule has 2 aromatic heterocycles. The van der Waals surface area contributed by atoms with Gasteiger partial charge in [-0.15, -0.1) is 11.3 Å². The Balaban J connectivity index is 2.09. The van der Waals surface area contributed by atoms with Gasteiger partial charge in [0.05, 0.1) is 21.4 Å². The topological polar surface area (TPSA) is 38.1 Å². The van der Waals surface area contributed by atoms with Crippen molar-refractivity contribution in [3.63, 3.8) is 0 Å². The van der Waals surface area contributed by atoms with Gasteiger partial charge in [-0.2, -0.15) is 0 Å². The van der Waals surface area contributed by atoms with E-state index in [1.165, 1.54) is 5.56 Å². The Morgan fingerprint density at radius 2 is 2.15 bits per heavy atom. The average Bonchev–Trinajstić information content (AvgIpc) is 3.05. The van der Waals surface area contributed by atoms with Crippen molar-refractivity contribution in [2.24, 2.45) is 4.99 Å². The van der Waals surface area contributed by atoms with Gasteiger partial charge in [-0.25, -0.2) is 9.97 Å². The zero-order valence-corrected chi connectivity index (χ0v) is 13.3. The smallest absolute Gasteiger partial charge is 0.223 e. The monoisotopic (exact) mass is 363 g/mol. The van der Waals surface area contributed by atoms with Crippen molar-refractivity contribution < 1.29 is 0 Å². The van der Waals surface area contributed by atoms with E-state index in [0.29, 0.717) is 0 Å². The second kappa shape index (κ2) is 4.62. The molecule has 0 saturated heterocycles. The highest BCUT2D eigenvalue weighted by Crippen LogP contribution is 2.38. The fraction of sp³-hybridized carbons (Fsp3) is 0.0714. The van der Waals surface area contributed by atoms with Crippen molar-refractivity contribution in [2.45, 2.75) is 6.54 Å². The van der Waals surface area contributed by atoms with Crippen LogP contribution in [-0.2, 0) is 6.54 Å². The molecule has 0 amide bonds. The Bertz CT molecular complexity index is 872. The summed E-state index contributed by atoms with van der Waals surface area (Å²) in [5, 5.41) is 2.27. The lowest BCUT2D eigenvalue weighted by Gasteiger charge is -2.07. The van der Waals surface area contributed by atoms with Crippen molar-refractivity contribution in [3.8, 4) is 11.3 Å². The largest absolute Gasteiger partial charge is 0.288 e. The predicted octanol–water partition coefficient (Wildman–Crippen LogP) is 4.71. The molecule has 3 nitrogen and oxygen atoms in total. The van der Waals surface area contributed by atoms with E-state index in [1.807, 2.05) is 17.7 Å². The van der Waals surface area contributed by atoms with Gasteiger partial charge in [0.15, 0.2) is 0 Å². The van der Waals surface area contributed by atoms with Crippen LogP contribution in [0.1, 0.15) is 11.1 Å². The third-order valence-electron chi connectivity index (χ3n) is 3.28. The number of hydrogen-bond acceptors (Lipinski definition) is 4. The first-order valence-corrected chi connectivity index (χ1v) is 8.01. The summed E-state index contributed by atoms with van der Waals surface area (Å²) in [5.41, 5.74) is 5.15. The van der Waals surface area contributed by atoms with E-state index in [4.69, 9.17) is 11.6 Å². The summed E-state index contributed by atoms with van der Waals surface area (Å²) in [6.45, 7) is 0.735. The Morgan fingerprint density at radius 1 is 1.25 bits per heavy atom. The number of hydrogen-bond donors (Lipinski definition) is 0. The number of nitrogens with zero attached hydrogens (tertiary/aromatic N) is 3. The van der Waals surface area contributed by atoms with Gasteiger partial charge < -0.3 is 0 Å². The van der Waals surface area contributed by atoms with Crippen LogP contribution in [-0.4, -0.2) is 16.2 Å². The van der Waals surface area contributed by atoms with Gasteiger partial charge in [-0.05, 0) is 33.1 Å². The zero-order valence-electron chi connectivity index (χ0n) is 10.1. The molecule has 3 aromatic rings. The summed E-state index contributed by atoms with van der Waals surface area (Å²) in [7, 11) is 0. The lowest BCUT2D eigenvalue weighted by atomic mass is 10.0. The maximum absolute atomic E-state index is 6.08. The quantitative estimate of drug-likeness (QED) is 0.587. The van der Waals surface area contributed by atoms with Crippen molar-refractivity contribution in [3.05, 3.63) is 44.5 Å². The maximum atomic E-state index is 6.08. The van der Waals surface area contributed by atoms with E-state index in [1.54, 1.807) is 11.3 Å². The van der Waals surface area contributed by atoms with Gasteiger partial charge in [0.2, 0.25) is 5.28 Å². The van der Waals surface area contributed by atoms with Crippen LogP contribution in [0.15, 0.2) is 33.0 Å². The minimum atomic E-state index is 0.263. The predicted molar refractivity (Wildman–Crippen MR) is 86.9 cm³/mol. The summed E-state index contributed by atoms with van der Waals surface area (Å²) >= 11 is 11.2. The normalized spacial score (nSPS) is 13.1. The van der Waals surface area contributed by atoms with Crippen LogP contribution in [0.4, 0.5) is 0 Å². The molecule has 1 aliphatic rings. The molecule has 0 unspecified atom stereocenters. The first kappa shape index (κ1) is 12.4. The van der Waals surface area contributed by atoms with Gasteiger partial charge in [-0.3, -0.25) is 4.99 Å². The van der Waals surface area contributed by atoms with Crippen LogP contribution < -0.4 is 0 Å². The molecule has 0 fully saturated rings. The molecule has 0 radical (unpaired) electrons. The first-order chi connectivity index (χ1) is 9.74. The lowest BCUT2D eigenvalue weighted by Crippen LogP contribution is -1.94. The van der Waals surface area contributed by atoms with E-state index < -0.39 is 0 Å². The Labute approximate surface area is 132 Å². The fourth-order valence-corrected chi connectivity index (χ4v) is 4.13. The van der Waals surface area contributed by atoms with Gasteiger partial charge in [0.25, 0.3) is 0 Å². The second-order valence-electron chi connectivity index (χ2n) is 4.45. The highest BCUT2D eigenvalue weighted by Gasteiger charge is 2.18. The van der Waals surface area contributed by atoms with Crippen LogP contribution in [0.2, 0.25) is 5.28 Å². The maximum Gasteiger partial charge on any atom is 0.223 e. The number of benzene rings is 1. The molecule has 20 heavy (non-hydrogen) atoms. The highest BCUT2D eigenvalue weighted by molar-refractivity contribution is 9.10. The molecule has 0 atom stereocenters. The molecule has 0 spiro atoms. The van der Waals surface area contributed by atoms with E-state index in [9.17, 15) is 0 Å². The minimum Gasteiger partial charge on any atom is -0.288 e. The van der Waals surface area contributed by atoms with E-state index in [-0.39, 0.29) is 5.28 Å². The molecule has 0 saturated carbocycles. The molecule has 0 aliphatic carbocycles.